The summed E-state index contributed by atoms with van der Waals surface area (Å²) < 4.78 is 65.7. The van der Waals surface area contributed by atoms with Crippen molar-refractivity contribution in [1.82, 2.24) is 0 Å². The van der Waals surface area contributed by atoms with Crippen LogP contribution in [0.4, 0.5) is 24.5 Å². The van der Waals surface area contributed by atoms with Gasteiger partial charge in [-0.1, -0.05) is 6.07 Å². The Bertz CT molecular complexity index is 835. The van der Waals surface area contributed by atoms with Crippen LogP contribution in [0.15, 0.2) is 41.3 Å². The fraction of sp³-hybridized carbons (Fsp3) is 0. The summed E-state index contributed by atoms with van der Waals surface area (Å²) in [5.74, 6) is -3.43. The van der Waals surface area contributed by atoms with Crippen molar-refractivity contribution >= 4 is 21.4 Å². The molecule has 22 heavy (non-hydrogen) atoms. The monoisotopic (exact) mass is 332 g/mol. The Kier molecular flexibility index (Phi) is 4.04. The zero-order valence-electron chi connectivity index (χ0n) is 10.6. The number of hydrogen-bond acceptors (Lipinski definition) is 4. The van der Waals surface area contributed by atoms with E-state index < -0.39 is 48.7 Å². The van der Waals surface area contributed by atoms with E-state index in [0.29, 0.717) is 18.2 Å². The number of nitro groups is 1. The number of anilines is 1. The van der Waals surface area contributed by atoms with Crippen molar-refractivity contribution in [1.29, 1.82) is 0 Å². The summed E-state index contributed by atoms with van der Waals surface area (Å²) in [5, 5.41) is 10.8. The van der Waals surface area contributed by atoms with Gasteiger partial charge in [0.15, 0.2) is 4.90 Å². The maximum Gasteiger partial charge on any atom is 0.292 e. The lowest BCUT2D eigenvalue weighted by atomic mass is 10.3. The molecule has 0 saturated heterocycles. The SMILES string of the molecule is O=[N+]([O-])c1cc(F)ccc1S(=O)(=O)Nc1c(F)cccc1F. The van der Waals surface area contributed by atoms with Crippen molar-refractivity contribution in [2.24, 2.45) is 0 Å². The number of hydrogen-bond donors (Lipinski definition) is 1. The number of nitrogens with zero attached hydrogens (tertiary/aromatic N) is 1. The van der Waals surface area contributed by atoms with Crippen LogP contribution in [-0.4, -0.2) is 13.3 Å². The number of nitrogens with one attached hydrogen (secondary N) is 1. The second kappa shape index (κ2) is 5.64. The van der Waals surface area contributed by atoms with Gasteiger partial charge in [0.2, 0.25) is 0 Å². The molecule has 0 aliphatic heterocycles. The summed E-state index contributed by atoms with van der Waals surface area (Å²) >= 11 is 0. The zero-order chi connectivity index (χ0) is 16.5. The minimum absolute atomic E-state index is 0.395. The van der Waals surface area contributed by atoms with Crippen molar-refractivity contribution in [2.75, 3.05) is 4.72 Å². The van der Waals surface area contributed by atoms with E-state index >= 15 is 0 Å². The summed E-state index contributed by atoms with van der Waals surface area (Å²) in [6.07, 6.45) is 0. The van der Waals surface area contributed by atoms with Gasteiger partial charge in [-0.25, -0.2) is 21.6 Å². The first kappa shape index (κ1) is 15.8. The molecule has 10 heteroatoms. The van der Waals surface area contributed by atoms with E-state index in [-0.39, 0.29) is 0 Å². The van der Waals surface area contributed by atoms with Crippen LogP contribution in [0.1, 0.15) is 0 Å². The number of sulfonamides is 1. The third-order valence-electron chi connectivity index (χ3n) is 2.61. The summed E-state index contributed by atoms with van der Waals surface area (Å²) in [7, 11) is -4.69. The second-order valence-electron chi connectivity index (χ2n) is 4.07. The molecule has 0 saturated carbocycles. The summed E-state index contributed by atoms with van der Waals surface area (Å²) in [4.78, 5) is 8.77. The fourth-order valence-corrected chi connectivity index (χ4v) is 2.87. The molecule has 1 N–H and O–H groups in total. The topological polar surface area (TPSA) is 89.3 Å². The summed E-state index contributed by atoms with van der Waals surface area (Å²) in [6.45, 7) is 0. The van der Waals surface area contributed by atoms with Crippen LogP contribution in [0.3, 0.4) is 0 Å². The van der Waals surface area contributed by atoms with Gasteiger partial charge in [-0.2, -0.15) is 0 Å². The molecule has 116 valence electrons. The van der Waals surface area contributed by atoms with Crippen LogP contribution < -0.4 is 4.72 Å². The van der Waals surface area contributed by atoms with Crippen LogP contribution >= 0.6 is 0 Å². The first-order valence-electron chi connectivity index (χ1n) is 5.63. The average Bonchev–Trinajstić information content (AvgIpc) is 2.42. The number of halogens is 3. The lowest BCUT2D eigenvalue weighted by Crippen LogP contribution is -2.16. The molecule has 0 unspecified atom stereocenters. The fourth-order valence-electron chi connectivity index (χ4n) is 1.65. The molecule has 2 rings (SSSR count). The van der Waals surface area contributed by atoms with Gasteiger partial charge < -0.3 is 0 Å². The Morgan fingerprint density at radius 3 is 2.18 bits per heavy atom. The number of benzene rings is 2. The van der Waals surface area contributed by atoms with Gasteiger partial charge in [0.25, 0.3) is 15.7 Å². The maximum absolute atomic E-state index is 13.5. The van der Waals surface area contributed by atoms with Gasteiger partial charge in [-0.05, 0) is 24.3 Å². The smallest absolute Gasteiger partial charge is 0.274 e. The third kappa shape index (κ3) is 3.01. The molecule has 0 aliphatic rings. The molecule has 0 heterocycles. The first-order valence-corrected chi connectivity index (χ1v) is 7.11. The van der Waals surface area contributed by atoms with Crippen molar-refractivity contribution in [2.45, 2.75) is 4.90 Å². The molecular formula is C12H7F3N2O4S. The Labute approximate surface area is 122 Å². The molecule has 0 radical (unpaired) electrons. The van der Waals surface area contributed by atoms with E-state index in [2.05, 4.69) is 0 Å². The summed E-state index contributed by atoms with van der Waals surface area (Å²) in [6, 6.07) is 4.34. The molecule has 0 fully saturated rings. The van der Waals surface area contributed by atoms with E-state index in [1.54, 1.807) is 4.72 Å². The molecule has 2 aromatic carbocycles. The predicted molar refractivity (Wildman–Crippen MR) is 70.2 cm³/mol. The van der Waals surface area contributed by atoms with Crippen LogP contribution in [-0.2, 0) is 10.0 Å². The van der Waals surface area contributed by atoms with Crippen molar-refractivity contribution in [3.8, 4) is 0 Å². The Morgan fingerprint density at radius 2 is 1.64 bits per heavy atom. The lowest BCUT2D eigenvalue weighted by molar-refractivity contribution is -0.388. The van der Waals surface area contributed by atoms with Gasteiger partial charge in [0, 0.05) is 0 Å². The quantitative estimate of drug-likeness (QED) is 0.689. The average molecular weight is 332 g/mol. The first-order chi connectivity index (χ1) is 10.2. The third-order valence-corrected chi connectivity index (χ3v) is 4.00. The zero-order valence-corrected chi connectivity index (χ0v) is 11.4. The molecule has 6 nitrogen and oxygen atoms in total. The van der Waals surface area contributed by atoms with E-state index in [0.717, 1.165) is 18.2 Å². The van der Waals surface area contributed by atoms with Crippen molar-refractivity contribution < 1.29 is 26.5 Å². The van der Waals surface area contributed by atoms with E-state index in [1.807, 2.05) is 0 Å². The van der Waals surface area contributed by atoms with Crippen molar-refractivity contribution in [3.05, 3.63) is 64.0 Å². The van der Waals surface area contributed by atoms with Crippen molar-refractivity contribution in [3.63, 3.8) is 0 Å². The molecular weight excluding hydrogens is 325 g/mol. The maximum atomic E-state index is 13.5. The van der Waals surface area contributed by atoms with Crippen LogP contribution in [0.2, 0.25) is 0 Å². The van der Waals surface area contributed by atoms with Crippen LogP contribution in [0.5, 0.6) is 0 Å². The van der Waals surface area contributed by atoms with Gasteiger partial charge in [-0.15, -0.1) is 0 Å². The largest absolute Gasteiger partial charge is 0.292 e. The highest BCUT2D eigenvalue weighted by atomic mass is 32.2. The highest BCUT2D eigenvalue weighted by Crippen LogP contribution is 2.28. The number of rotatable bonds is 4. The van der Waals surface area contributed by atoms with E-state index in [4.69, 9.17) is 0 Å². The van der Waals surface area contributed by atoms with Gasteiger partial charge >= 0.3 is 0 Å². The molecule has 0 amide bonds. The van der Waals surface area contributed by atoms with E-state index in [9.17, 15) is 31.7 Å². The number of para-hydroxylation sites is 1. The predicted octanol–water partition coefficient (Wildman–Crippen LogP) is 2.81. The van der Waals surface area contributed by atoms with Gasteiger partial charge in [0.1, 0.15) is 23.1 Å². The highest BCUT2D eigenvalue weighted by Gasteiger charge is 2.28. The molecule has 0 atom stereocenters. The Morgan fingerprint density at radius 1 is 1.05 bits per heavy atom. The molecule has 0 spiro atoms. The van der Waals surface area contributed by atoms with E-state index in [1.165, 1.54) is 0 Å². The molecule has 0 aliphatic carbocycles. The van der Waals surface area contributed by atoms with Crippen LogP contribution in [0.25, 0.3) is 0 Å². The molecule has 2 aromatic rings. The lowest BCUT2D eigenvalue weighted by Gasteiger charge is -2.10. The molecule has 0 aromatic heterocycles. The second-order valence-corrected chi connectivity index (χ2v) is 5.72. The minimum atomic E-state index is -4.69. The Balaban J connectivity index is 2.55. The van der Waals surface area contributed by atoms with Crippen LogP contribution in [0, 0.1) is 27.6 Å². The normalized spacial score (nSPS) is 11.2. The standard InChI is InChI=1S/C12H7F3N2O4S/c13-7-4-5-11(10(6-7)17(18)19)22(20,21)16-12-8(14)2-1-3-9(12)15/h1-6,16H. The van der Waals surface area contributed by atoms with Gasteiger partial charge in [0.05, 0.1) is 11.0 Å². The highest BCUT2D eigenvalue weighted by molar-refractivity contribution is 7.92. The van der Waals surface area contributed by atoms with Gasteiger partial charge in [-0.3, -0.25) is 14.8 Å². The summed E-state index contributed by atoms with van der Waals surface area (Å²) in [5.41, 5.74) is -2.04. The Hall–Kier alpha value is -2.62. The minimum Gasteiger partial charge on any atom is -0.274 e. The molecule has 0 bridgehead atoms. The number of nitro benzene ring substituents is 1.